The minimum absolute atomic E-state index is 0.857. The summed E-state index contributed by atoms with van der Waals surface area (Å²) in [5, 5.41) is 6.18. The zero-order chi connectivity index (χ0) is 14.8. The molecular weight excluding hydrogens is 254 g/mol. The second kappa shape index (κ2) is 5.61. The van der Waals surface area contributed by atoms with Crippen molar-refractivity contribution < 1.29 is 0 Å². The molecule has 1 heteroatoms. The average molecular weight is 275 g/mol. The van der Waals surface area contributed by atoms with Crippen molar-refractivity contribution in [3.63, 3.8) is 0 Å². The summed E-state index contributed by atoms with van der Waals surface area (Å²) in [4.78, 5) is 0. The first-order valence-electron chi connectivity index (χ1n) is 7.43. The highest BCUT2D eigenvalue weighted by atomic mass is 14.9. The predicted molar refractivity (Wildman–Crippen MR) is 91.9 cm³/mol. The van der Waals surface area contributed by atoms with Crippen LogP contribution in [0.5, 0.6) is 0 Å². The van der Waals surface area contributed by atoms with Crippen LogP contribution in [0.15, 0.2) is 54.6 Å². The number of anilines is 1. The van der Waals surface area contributed by atoms with E-state index in [1.165, 1.54) is 38.7 Å². The smallest absolute Gasteiger partial charge is 0.0402 e. The summed E-state index contributed by atoms with van der Waals surface area (Å²) in [6.45, 7) is 7.34. The number of fused-ring (bicyclic) bond motifs is 1. The molecule has 0 spiro atoms. The number of benzene rings is 3. The molecule has 0 unspecified atom stereocenters. The lowest BCUT2D eigenvalue weighted by Gasteiger charge is -2.14. The van der Waals surface area contributed by atoms with Gasteiger partial charge in [-0.1, -0.05) is 54.1 Å². The molecule has 0 atom stereocenters. The standard InChI is InChI=1S/C20H21N/c1-14-10-15(2)20(16(3)11-14)21-13-17-8-9-18-6-4-5-7-19(18)12-17/h4-12,21H,13H2,1-3H3. The molecule has 0 amide bonds. The minimum atomic E-state index is 0.857. The van der Waals surface area contributed by atoms with Gasteiger partial charge < -0.3 is 5.32 Å². The Morgan fingerprint density at radius 1 is 0.762 bits per heavy atom. The van der Waals surface area contributed by atoms with Gasteiger partial charge in [0.1, 0.15) is 0 Å². The van der Waals surface area contributed by atoms with E-state index in [9.17, 15) is 0 Å². The van der Waals surface area contributed by atoms with Gasteiger partial charge in [0.2, 0.25) is 0 Å². The highest BCUT2D eigenvalue weighted by Crippen LogP contribution is 2.23. The molecule has 0 heterocycles. The van der Waals surface area contributed by atoms with Gasteiger partial charge in [0.15, 0.2) is 0 Å². The first-order valence-corrected chi connectivity index (χ1v) is 7.43. The van der Waals surface area contributed by atoms with E-state index < -0.39 is 0 Å². The predicted octanol–water partition coefficient (Wildman–Crippen LogP) is 5.38. The lowest BCUT2D eigenvalue weighted by molar-refractivity contribution is 1.13. The van der Waals surface area contributed by atoms with Crippen molar-refractivity contribution in [3.8, 4) is 0 Å². The molecule has 0 fully saturated rings. The lowest BCUT2D eigenvalue weighted by Crippen LogP contribution is -2.03. The number of hydrogen-bond donors (Lipinski definition) is 1. The Morgan fingerprint density at radius 2 is 1.43 bits per heavy atom. The summed E-state index contributed by atoms with van der Waals surface area (Å²) in [7, 11) is 0. The van der Waals surface area contributed by atoms with Gasteiger partial charge in [-0.2, -0.15) is 0 Å². The number of hydrogen-bond acceptors (Lipinski definition) is 1. The molecule has 1 nitrogen and oxygen atoms in total. The first-order chi connectivity index (χ1) is 10.1. The second-order valence-corrected chi connectivity index (χ2v) is 5.81. The van der Waals surface area contributed by atoms with Crippen molar-refractivity contribution in [2.45, 2.75) is 27.3 Å². The third-order valence-electron chi connectivity index (χ3n) is 3.96. The minimum Gasteiger partial charge on any atom is -0.381 e. The summed E-state index contributed by atoms with van der Waals surface area (Å²) in [5.41, 5.74) is 6.52. The lowest BCUT2D eigenvalue weighted by atomic mass is 10.0. The van der Waals surface area contributed by atoms with Crippen LogP contribution in [0.4, 0.5) is 5.69 Å². The third-order valence-corrected chi connectivity index (χ3v) is 3.96. The second-order valence-electron chi connectivity index (χ2n) is 5.81. The van der Waals surface area contributed by atoms with Gasteiger partial charge >= 0.3 is 0 Å². The maximum atomic E-state index is 3.59. The molecule has 0 aliphatic carbocycles. The maximum absolute atomic E-state index is 3.59. The van der Waals surface area contributed by atoms with Crippen LogP contribution >= 0.6 is 0 Å². The van der Waals surface area contributed by atoms with E-state index in [1.54, 1.807) is 0 Å². The van der Waals surface area contributed by atoms with Crippen molar-refractivity contribution in [1.82, 2.24) is 0 Å². The van der Waals surface area contributed by atoms with E-state index in [0.717, 1.165) is 6.54 Å². The quantitative estimate of drug-likeness (QED) is 0.677. The summed E-state index contributed by atoms with van der Waals surface area (Å²) in [6.07, 6.45) is 0. The summed E-state index contributed by atoms with van der Waals surface area (Å²) in [6, 6.07) is 19.6. The van der Waals surface area contributed by atoms with Gasteiger partial charge in [0.05, 0.1) is 0 Å². The molecule has 0 saturated carbocycles. The summed E-state index contributed by atoms with van der Waals surface area (Å²) >= 11 is 0. The molecule has 0 aromatic heterocycles. The van der Waals surface area contributed by atoms with E-state index >= 15 is 0 Å². The highest BCUT2D eigenvalue weighted by Gasteiger charge is 2.04. The first kappa shape index (κ1) is 13.7. The van der Waals surface area contributed by atoms with Gasteiger partial charge in [0.25, 0.3) is 0 Å². The molecular formula is C20H21N. The van der Waals surface area contributed by atoms with Gasteiger partial charge in [-0.15, -0.1) is 0 Å². The van der Waals surface area contributed by atoms with Crippen LogP contribution in [0.2, 0.25) is 0 Å². The SMILES string of the molecule is Cc1cc(C)c(NCc2ccc3ccccc3c2)c(C)c1. The van der Waals surface area contributed by atoms with Gasteiger partial charge in [-0.3, -0.25) is 0 Å². The fraction of sp³-hybridized carbons (Fsp3) is 0.200. The Labute approximate surface area is 126 Å². The van der Waals surface area contributed by atoms with E-state index in [4.69, 9.17) is 0 Å². The molecule has 106 valence electrons. The number of aryl methyl sites for hydroxylation is 3. The van der Waals surface area contributed by atoms with E-state index in [1.807, 2.05) is 0 Å². The zero-order valence-electron chi connectivity index (χ0n) is 12.9. The monoisotopic (exact) mass is 275 g/mol. The van der Waals surface area contributed by atoms with Crippen LogP contribution in [-0.4, -0.2) is 0 Å². The molecule has 3 aromatic carbocycles. The maximum Gasteiger partial charge on any atom is 0.0402 e. The Kier molecular flexibility index (Phi) is 3.66. The van der Waals surface area contributed by atoms with Gasteiger partial charge in [-0.05, 0) is 54.3 Å². The Bertz CT molecular complexity index is 764. The van der Waals surface area contributed by atoms with Crippen LogP contribution < -0.4 is 5.32 Å². The normalized spacial score (nSPS) is 10.8. The van der Waals surface area contributed by atoms with Gasteiger partial charge in [-0.25, -0.2) is 0 Å². The highest BCUT2D eigenvalue weighted by molar-refractivity contribution is 5.83. The Morgan fingerprint density at radius 3 is 2.14 bits per heavy atom. The van der Waals surface area contributed by atoms with Crippen LogP contribution in [0.3, 0.4) is 0 Å². The van der Waals surface area contributed by atoms with E-state index in [0.29, 0.717) is 0 Å². The van der Waals surface area contributed by atoms with Gasteiger partial charge in [0, 0.05) is 12.2 Å². The van der Waals surface area contributed by atoms with Crippen LogP contribution in [0.1, 0.15) is 22.3 Å². The molecule has 0 saturated heterocycles. The van der Waals surface area contributed by atoms with Crippen molar-refractivity contribution in [3.05, 3.63) is 76.9 Å². The van der Waals surface area contributed by atoms with E-state index in [2.05, 4.69) is 80.7 Å². The van der Waals surface area contributed by atoms with Crippen LogP contribution in [0.25, 0.3) is 10.8 Å². The molecule has 1 N–H and O–H groups in total. The van der Waals surface area contributed by atoms with Crippen molar-refractivity contribution in [2.24, 2.45) is 0 Å². The molecule has 0 aliphatic heterocycles. The zero-order valence-corrected chi connectivity index (χ0v) is 12.9. The van der Waals surface area contributed by atoms with Crippen molar-refractivity contribution >= 4 is 16.5 Å². The summed E-state index contributed by atoms with van der Waals surface area (Å²) in [5.74, 6) is 0. The number of nitrogens with one attached hydrogen (secondary N) is 1. The topological polar surface area (TPSA) is 12.0 Å². The van der Waals surface area contributed by atoms with Crippen molar-refractivity contribution in [1.29, 1.82) is 0 Å². The molecule has 3 rings (SSSR count). The fourth-order valence-corrected chi connectivity index (χ4v) is 3.00. The number of rotatable bonds is 3. The Balaban J connectivity index is 1.83. The van der Waals surface area contributed by atoms with Crippen LogP contribution in [0, 0.1) is 20.8 Å². The fourth-order valence-electron chi connectivity index (χ4n) is 3.00. The molecule has 0 bridgehead atoms. The van der Waals surface area contributed by atoms with Crippen LogP contribution in [-0.2, 0) is 6.54 Å². The largest absolute Gasteiger partial charge is 0.381 e. The molecule has 0 radical (unpaired) electrons. The third kappa shape index (κ3) is 2.92. The van der Waals surface area contributed by atoms with Crippen molar-refractivity contribution in [2.75, 3.05) is 5.32 Å². The van der Waals surface area contributed by atoms with E-state index in [-0.39, 0.29) is 0 Å². The summed E-state index contributed by atoms with van der Waals surface area (Å²) < 4.78 is 0. The molecule has 3 aromatic rings. The average Bonchev–Trinajstić information content (AvgIpc) is 2.46. The Hall–Kier alpha value is -2.28. The molecule has 21 heavy (non-hydrogen) atoms. The molecule has 0 aliphatic rings.